The zero-order valence-corrected chi connectivity index (χ0v) is 25.7. The van der Waals surface area contributed by atoms with Gasteiger partial charge in [-0.25, -0.2) is 0 Å². The summed E-state index contributed by atoms with van der Waals surface area (Å²) in [5.41, 5.74) is 2.99. The predicted octanol–water partition coefficient (Wildman–Crippen LogP) is 7.81. The molecule has 1 aromatic rings. The van der Waals surface area contributed by atoms with Gasteiger partial charge in [0.2, 0.25) is 0 Å². The molecule has 2 aliphatic carbocycles. The molecule has 212 valence electrons. The lowest BCUT2D eigenvalue weighted by Crippen LogP contribution is -2.61. The molecule has 1 N–H and O–H groups in total. The normalized spacial score (nSPS) is 29.5. The first-order chi connectivity index (χ1) is 17.7. The number of rotatable bonds is 11. The van der Waals surface area contributed by atoms with Gasteiger partial charge in [-0.15, -0.1) is 0 Å². The lowest BCUT2D eigenvalue weighted by atomic mass is 9.53. The fourth-order valence-electron chi connectivity index (χ4n) is 7.07. The summed E-state index contributed by atoms with van der Waals surface area (Å²) in [7, 11) is 1.90. The summed E-state index contributed by atoms with van der Waals surface area (Å²) in [6.07, 6.45) is 7.09. The van der Waals surface area contributed by atoms with Crippen LogP contribution >= 0.6 is 0 Å². The van der Waals surface area contributed by atoms with Crippen molar-refractivity contribution in [2.24, 2.45) is 29.1 Å². The molecule has 2 fully saturated rings. The maximum atomic E-state index is 7.06. The largest absolute Gasteiger partial charge is 0.490 e. The molecule has 1 aromatic carbocycles. The van der Waals surface area contributed by atoms with E-state index >= 15 is 0 Å². The fourth-order valence-corrected chi connectivity index (χ4v) is 7.07. The summed E-state index contributed by atoms with van der Waals surface area (Å²) in [6.45, 7) is 23.3. The van der Waals surface area contributed by atoms with Crippen molar-refractivity contribution in [3.05, 3.63) is 23.3 Å². The van der Waals surface area contributed by atoms with E-state index in [1.54, 1.807) is 0 Å². The van der Waals surface area contributed by atoms with Gasteiger partial charge in [-0.2, -0.15) is 0 Å². The Morgan fingerprint density at radius 1 is 1.11 bits per heavy atom. The van der Waals surface area contributed by atoms with Crippen molar-refractivity contribution in [3.8, 4) is 11.5 Å². The maximum absolute atomic E-state index is 7.06. The monoisotopic (exact) mass is 515 g/mol. The highest BCUT2D eigenvalue weighted by Gasteiger charge is 2.62. The summed E-state index contributed by atoms with van der Waals surface area (Å²) < 4.78 is 19.7. The summed E-state index contributed by atoms with van der Waals surface area (Å²) in [5, 5.41) is 3.91. The van der Waals surface area contributed by atoms with E-state index in [4.69, 9.17) is 14.2 Å². The van der Waals surface area contributed by atoms with E-state index in [1.807, 2.05) is 21.0 Å². The van der Waals surface area contributed by atoms with Crippen LogP contribution in [-0.2, 0) is 16.6 Å². The van der Waals surface area contributed by atoms with E-state index in [2.05, 4.69) is 65.9 Å². The van der Waals surface area contributed by atoms with Crippen molar-refractivity contribution in [1.82, 2.24) is 5.32 Å². The standard InChI is InChI=1S/C31H51NO3.C2H6/c1-9-16-34-25-15-14-22(10-2)26-28(25)35-29-27(33-8)24(20(4)30(5,6)7)17-23(31(26,29)11-3)19-32-18-21-12-13-21;1-2/h14-15,20-21,23-24,27,29,32H,9-13,16-19H2,1-8H3;1-2H3/t20-,23?,24-,27-,29+,31+;/m1./s1. The number of ether oxygens (including phenoxy) is 3. The zero-order valence-electron chi connectivity index (χ0n) is 25.7. The zero-order chi connectivity index (χ0) is 27.4. The van der Waals surface area contributed by atoms with Crippen molar-refractivity contribution in [2.45, 2.75) is 118 Å². The topological polar surface area (TPSA) is 39.7 Å². The van der Waals surface area contributed by atoms with Crippen molar-refractivity contribution < 1.29 is 14.2 Å². The molecule has 2 saturated carbocycles. The maximum Gasteiger partial charge on any atom is 0.165 e. The molecule has 1 heterocycles. The number of nitrogens with one attached hydrogen (secondary N) is 1. The molecule has 6 atom stereocenters. The van der Waals surface area contributed by atoms with Crippen LogP contribution in [0.3, 0.4) is 0 Å². The van der Waals surface area contributed by atoms with Crippen LogP contribution in [-0.4, -0.2) is 39.0 Å². The van der Waals surface area contributed by atoms with Crippen LogP contribution in [0, 0.1) is 29.1 Å². The number of methoxy groups -OCH3 is 1. The first kappa shape index (κ1) is 30.3. The second kappa shape index (κ2) is 12.7. The Balaban J connectivity index is 0.00000186. The Morgan fingerprint density at radius 2 is 1.81 bits per heavy atom. The summed E-state index contributed by atoms with van der Waals surface area (Å²) in [5.74, 6) is 4.30. The van der Waals surface area contributed by atoms with E-state index in [-0.39, 0.29) is 23.0 Å². The number of hydrogen-bond donors (Lipinski definition) is 1. The third-order valence-electron chi connectivity index (χ3n) is 9.66. The van der Waals surface area contributed by atoms with Gasteiger partial charge in [-0.1, -0.05) is 68.4 Å². The van der Waals surface area contributed by atoms with Crippen LogP contribution in [0.15, 0.2) is 12.1 Å². The third kappa shape index (κ3) is 5.86. The van der Waals surface area contributed by atoms with E-state index in [9.17, 15) is 0 Å². The van der Waals surface area contributed by atoms with Gasteiger partial charge in [0.05, 0.1) is 12.7 Å². The Hall–Kier alpha value is -1.26. The highest BCUT2D eigenvalue weighted by Crippen LogP contribution is 2.61. The molecular formula is C33H57NO3. The van der Waals surface area contributed by atoms with Gasteiger partial charge >= 0.3 is 0 Å². The van der Waals surface area contributed by atoms with E-state index in [0.29, 0.717) is 17.8 Å². The average Bonchev–Trinajstić information content (AvgIpc) is 3.65. The highest BCUT2D eigenvalue weighted by molar-refractivity contribution is 5.59. The Bertz CT molecular complexity index is 858. The molecule has 0 saturated heterocycles. The van der Waals surface area contributed by atoms with Crippen LogP contribution < -0.4 is 14.8 Å². The van der Waals surface area contributed by atoms with Crippen LogP contribution in [0.25, 0.3) is 0 Å². The van der Waals surface area contributed by atoms with Crippen LogP contribution in [0.4, 0.5) is 0 Å². The minimum Gasteiger partial charge on any atom is -0.490 e. The van der Waals surface area contributed by atoms with E-state index in [1.165, 1.54) is 30.4 Å². The Morgan fingerprint density at radius 3 is 2.35 bits per heavy atom. The minimum absolute atomic E-state index is 0.0143. The molecule has 0 aromatic heterocycles. The van der Waals surface area contributed by atoms with Gasteiger partial charge in [-0.3, -0.25) is 0 Å². The molecule has 0 spiro atoms. The fraction of sp³-hybridized carbons (Fsp3) is 0.818. The van der Waals surface area contributed by atoms with Gasteiger partial charge in [0.25, 0.3) is 0 Å². The molecule has 0 amide bonds. The lowest BCUT2D eigenvalue weighted by Gasteiger charge is -2.54. The third-order valence-corrected chi connectivity index (χ3v) is 9.66. The number of fused-ring (bicyclic) bond motifs is 3. The second-order valence-corrected chi connectivity index (χ2v) is 12.6. The molecule has 4 nitrogen and oxygen atoms in total. The molecule has 1 aliphatic heterocycles. The van der Waals surface area contributed by atoms with E-state index in [0.717, 1.165) is 56.4 Å². The molecular weight excluding hydrogens is 458 g/mol. The summed E-state index contributed by atoms with van der Waals surface area (Å²) >= 11 is 0. The van der Waals surface area contributed by atoms with Crippen LogP contribution in [0.2, 0.25) is 0 Å². The summed E-state index contributed by atoms with van der Waals surface area (Å²) in [6, 6.07) is 4.44. The molecule has 3 aliphatic rings. The quantitative estimate of drug-likeness (QED) is 0.326. The predicted molar refractivity (Wildman–Crippen MR) is 156 cm³/mol. The van der Waals surface area contributed by atoms with Gasteiger partial charge in [-0.05, 0) is 92.3 Å². The molecule has 0 radical (unpaired) electrons. The van der Waals surface area contributed by atoms with E-state index < -0.39 is 0 Å². The van der Waals surface area contributed by atoms with Crippen molar-refractivity contribution in [2.75, 3.05) is 26.8 Å². The smallest absolute Gasteiger partial charge is 0.165 e. The second-order valence-electron chi connectivity index (χ2n) is 12.6. The van der Waals surface area contributed by atoms with Crippen LogP contribution in [0.1, 0.15) is 106 Å². The minimum atomic E-state index is -0.0579. The molecule has 0 bridgehead atoms. The average molecular weight is 516 g/mol. The Labute approximate surface area is 228 Å². The molecule has 4 heteroatoms. The first-order valence-corrected chi connectivity index (χ1v) is 15.4. The van der Waals surface area contributed by atoms with Gasteiger partial charge in [0.15, 0.2) is 11.5 Å². The summed E-state index contributed by atoms with van der Waals surface area (Å²) in [4.78, 5) is 0. The van der Waals surface area contributed by atoms with Gasteiger partial charge in [0, 0.05) is 18.1 Å². The van der Waals surface area contributed by atoms with Crippen molar-refractivity contribution in [1.29, 1.82) is 0 Å². The van der Waals surface area contributed by atoms with Crippen molar-refractivity contribution >= 4 is 0 Å². The number of aryl methyl sites for hydroxylation is 1. The molecule has 4 rings (SSSR count). The van der Waals surface area contributed by atoms with Crippen molar-refractivity contribution in [3.63, 3.8) is 0 Å². The Kier molecular flexibility index (Phi) is 10.4. The number of benzene rings is 1. The van der Waals surface area contributed by atoms with Gasteiger partial charge in [0.1, 0.15) is 6.10 Å². The first-order valence-electron chi connectivity index (χ1n) is 15.4. The molecule has 1 unspecified atom stereocenters. The SMILES string of the molecule is CC.CCCOc1ccc(CC)c2c1O[C@H]1[C@H](OC)[C@@H]([C@@H](C)C(C)(C)C)CC(CNCC3CC3)[C@@]21CC. The van der Waals surface area contributed by atoms with Gasteiger partial charge < -0.3 is 19.5 Å². The molecule has 37 heavy (non-hydrogen) atoms. The lowest BCUT2D eigenvalue weighted by molar-refractivity contribution is -0.128. The number of hydrogen-bond acceptors (Lipinski definition) is 4. The van der Waals surface area contributed by atoms with Crippen LogP contribution in [0.5, 0.6) is 11.5 Å². The highest BCUT2D eigenvalue weighted by atomic mass is 16.6.